The van der Waals surface area contributed by atoms with E-state index in [0.717, 1.165) is 38.9 Å². The highest BCUT2D eigenvalue weighted by Gasteiger charge is 2.39. The van der Waals surface area contributed by atoms with E-state index in [9.17, 15) is 4.79 Å². The summed E-state index contributed by atoms with van der Waals surface area (Å²) in [4.78, 5) is 14.1. The van der Waals surface area contributed by atoms with Crippen molar-refractivity contribution in [2.75, 3.05) is 19.7 Å². The van der Waals surface area contributed by atoms with E-state index in [0.29, 0.717) is 12.5 Å². The molecule has 2 heterocycles. The normalized spacial score (nSPS) is 26.5. The molecule has 0 radical (unpaired) electrons. The fourth-order valence-electron chi connectivity index (χ4n) is 4.14. The lowest BCUT2D eigenvalue weighted by Gasteiger charge is -2.36. The summed E-state index contributed by atoms with van der Waals surface area (Å²) in [6, 6.07) is 6.51. The zero-order valence-corrected chi connectivity index (χ0v) is 14.3. The number of rotatable bonds is 4. The lowest BCUT2D eigenvalue weighted by atomic mass is 9.84. The molecule has 23 heavy (non-hydrogen) atoms. The van der Waals surface area contributed by atoms with Gasteiger partial charge in [-0.1, -0.05) is 18.2 Å². The number of carbonyl (C=O) groups excluding carboxylic acids is 1. The Morgan fingerprint density at radius 1 is 1.22 bits per heavy atom. The van der Waals surface area contributed by atoms with E-state index in [1.807, 2.05) is 0 Å². The molecule has 0 aliphatic carbocycles. The molecular weight excluding hydrogens is 288 g/mol. The zero-order chi connectivity index (χ0) is 16.4. The van der Waals surface area contributed by atoms with Crippen LogP contribution in [-0.2, 0) is 16.1 Å². The monoisotopic (exact) mass is 316 g/mol. The van der Waals surface area contributed by atoms with Crippen LogP contribution < -0.4 is 5.73 Å². The molecule has 4 heteroatoms. The number of ether oxygens (including phenoxy) is 1. The van der Waals surface area contributed by atoms with Crippen LogP contribution >= 0.6 is 0 Å². The Morgan fingerprint density at radius 2 is 1.87 bits per heavy atom. The molecule has 0 bridgehead atoms. The van der Waals surface area contributed by atoms with E-state index in [4.69, 9.17) is 10.5 Å². The number of hydrogen-bond acceptors (Lipinski definition) is 3. The molecule has 0 spiro atoms. The molecule has 2 aliphatic rings. The van der Waals surface area contributed by atoms with Crippen molar-refractivity contribution in [3.63, 3.8) is 0 Å². The summed E-state index contributed by atoms with van der Waals surface area (Å²) in [5.41, 5.74) is 9.73. The molecule has 0 saturated carbocycles. The molecule has 1 amide bonds. The second kappa shape index (κ2) is 7.02. The Hall–Kier alpha value is -1.39. The fourth-order valence-corrected chi connectivity index (χ4v) is 4.14. The minimum Gasteiger partial charge on any atom is -0.377 e. The molecule has 126 valence electrons. The van der Waals surface area contributed by atoms with E-state index in [-0.39, 0.29) is 17.9 Å². The summed E-state index contributed by atoms with van der Waals surface area (Å²) < 4.78 is 5.84. The number of likely N-dealkylation sites (tertiary alicyclic amines) is 1. The zero-order valence-electron chi connectivity index (χ0n) is 14.3. The standard InChI is InChI=1S/C19H28N2O2/c1-13-4-3-5-14(2)17(13)12-21-9-6-15(7-10-21)18-16(19(20)22)8-11-23-18/h3-5,15-16,18H,6-12H2,1-2H3,(H2,20,22)/t16-,18+/m0/s1. The maximum Gasteiger partial charge on any atom is 0.223 e. The van der Waals surface area contributed by atoms with Crippen LogP contribution in [0, 0.1) is 25.7 Å². The lowest BCUT2D eigenvalue weighted by Crippen LogP contribution is -2.42. The molecule has 3 rings (SSSR count). The van der Waals surface area contributed by atoms with Crippen molar-refractivity contribution in [3.8, 4) is 0 Å². The highest BCUT2D eigenvalue weighted by atomic mass is 16.5. The average Bonchev–Trinajstić information content (AvgIpc) is 3.01. The van der Waals surface area contributed by atoms with Crippen LogP contribution in [0.1, 0.15) is 36.0 Å². The number of nitrogens with two attached hydrogens (primary N) is 1. The molecule has 0 unspecified atom stereocenters. The maximum atomic E-state index is 11.6. The van der Waals surface area contributed by atoms with E-state index >= 15 is 0 Å². The quantitative estimate of drug-likeness (QED) is 0.928. The van der Waals surface area contributed by atoms with Crippen LogP contribution in [0.25, 0.3) is 0 Å². The number of carbonyl (C=O) groups is 1. The third-order valence-corrected chi connectivity index (χ3v) is 5.62. The van der Waals surface area contributed by atoms with Crippen molar-refractivity contribution in [2.45, 2.75) is 45.8 Å². The SMILES string of the molecule is Cc1cccc(C)c1CN1CCC([C@H]2OCC[C@@H]2C(N)=O)CC1. The predicted molar refractivity (Wildman–Crippen MR) is 91.0 cm³/mol. The highest BCUT2D eigenvalue weighted by Crippen LogP contribution is 2.33. The van der Waals surface area contributed by atoms with Crippen molar-refractivity contribution >= 4 is 5.91 Å². The predicted octanol–water partition coefficient (Wildman–Crippen LogP) is 2.41. The lowest BCUT2D eigenvalue weighted by molar-refractivity contribution is -0.124. The summed E-state index contributed by atoms with van der Waals surface area (Å²) >= 11 is 0. The summed E-state index contributed by atoms with van der Waals surface area (Å²) in [7, 11) is 0. The number of piperidine rings is 1. The first kappa shape index (κ1) is 16.5. The van der Waals surface area contributed by atoms with Gasteiger partial charge in [0, 0.05) is 13.2 Å². The van der Waals surface area contributed by atoms with E-state index in [2.05, 4.69) is 36.9 Å². The van der Waals surface area contributed by atoms with Crippen LogP contribution in [-0.4, -0.2) is 36.6 Å². The van der Waals surface area contributed by atoms with Gasteiger partial charge in [0.15, 0.2) is 0 Å². The van der Waals surface area contributed by atoms with E-state index in [1.165, 1.54) is 16.7 Å². The Bertz CT molecular complexity index is 544. The van der Waals surface area contributed by atoms with Crippen LogP contribution in [0.4, 0.5) is 0 Å². The van der Waals surface area contributed by atoms with Crippen molar-refractivity contribution in [2.24, 2.45) is 17.6 Å². The first-order valence-electron chi connectivity index (χ1n) is 8.74. The van der Waals surface area contributed by atoms with Gasteiger partial charge in [0.2, 0.25) is 5.91 Å². The Labute approximate surface area is 139 Å². The van der Waals surface area contributed by atoms with Gasteiger partial charge in [-0.25, -0.2) is 0 Å². The number of primary amides is 1. The first-order chi connectivity index (χ1) is 11.1. The van der Waals surface area contributed by atoms with Gasteiger partial charge >= 0.3 is 0 Å². The van der Waals surface area contributed by atoms with E-state index < -0.39 is 0 Å². The molecule has 2 atom stereocenters. The van der Waals surface area contributed by atoms with Crippen LogP contribution in [0.5, 0.6) is 0 Å². The van der Waals surface area contributed by atoms with Crippen molar-refractivity contribution in [1.82, 2.24) is 4.90 Å². The number of amides is 1. The summed E-state index contributed by atoms with van der Waals surface area (Å²) in [6.45, 7) is 8.24. The Morgan fingerprint density at radius 3 is 2.48 bits per heavy atom. The molecule has 2 aliphatic heterocycles. The Kier molecular flexibility index (Phi) is 5.02. The van der Waals surface area contributed by atoms with Crippen LogP contribution in [0.2, 0.25) is 0 Å². The van der Waals surface area contributed by atoms with Crippen molar-refractivity contribution in [1.29, 1.82) is 0 Å². The third kappa shape index (κ3) is 3.59. The number of hydrogen-bond donors (Lipinski definition) is 1. The summed E-state index contributed by atoms with van der Waals surface area (Å²) in [5, 5.41) is 0. The number of aryl methyl sites for hydroxylation is 2. The van der Waals surface area contributed by atoms with Gasteiger partial charge in [-0.3, -0.25) is 9.69 Å². The van der Waals surface area contributed by atoms with Gasteiger partial charge in [0.1, 0.15) is 0 Å². The minimum atomic E-state index is -0.189. The van der Waals surface area contributed by atoms with Gasteiger partial charge < -0.3 is 10.5 Å². The van der Waals surface area contributed by atoms with Crippen LogP contribution in [0.3, 0.4) is 0 Å². The fraction of sp³-hybridized carbons (Fsp3) is 0.632. The first-order valence-corrected chi connectivity index (χ1v) is 8.74. The topological polar surface area (TPSA) is 55.6 Å². The van der Waals surface area contributed by atoms with Gasteiger partial charge in [0.05, 0.1) is 12.0 Å². The Balaban J connectivity index is 1.57. The molecule has 1 aromatic carbocycles. The molecule has 2 N–H and O–H groups in total. The second-order valence-corrected chi connectivity index (χ2v) is 7.12. The molecule has 2 fully saturated rings. The van der Waals surface area contributed by atoms with Gasteiger partial charge in [-0.05, 0) is 68.8 Å². The second-order valence-electron chi connectivity index (χ2n) is 7.12. The number of nitrogens with zero attached hydrogens (tertiary/aromatic N) is 1. The minimum absolute atomic E-state index is 0.0508. The van der Waals surface area contributed by atoms with Crippen molar-refractivity contribution < 1.29 is 9.53 Å². The van der Waals surface area contributed by atoms with E-state index in [1.54, 1.807) is 0 Å². The maximum absolute atomic E-state index is 11.6. The molecule has 4 nitrogen and oxygen atoms in total. The van der Waals surface area contributed by atoms with Crippen molar-refractivity contribution in [3.05, 3.63) is 34.9 Å². The third-order valence-electron chi connectivity index (χ3n) is 5.62. The van der Waals surface area contributed by atoms with Gasteiger partial charge in [-0.15, -0.1) is 0 Å². The van der Waals surface area contributed by atoms with Gasteiger partial charge in [0.25, 0.3) is 0 Å². The van der Waals surface area contributed by atoms with Gasteiger partial charge in [-0.2, -0.15) is 0 Å². The van der Waals surface area contributed by atoms with Crippen LogP contribution in [0.15, 0.2) is 18.2 Å². The molecule has 2 saturated heterocycles. The average molecular weight is 316 g/mol. The largest absolute Gasteiger partial charge is 0.377 e. The molecule has 0 aromatic heterocycles. The number of benzene rings is 1. The smallest absolute Gasteiger partial charge is 0.223 e. The summed E-state index contributed by atoms with van der Waals surface area (Å²) in [6.07, 6.45) is 3.04. The molecular formula is C19H28N2O2. The molecule has 1 aromatic rings. The highest BCUT2D eigenvalue weighted by molar-refractivity contribution is 5.77. The summed E-state index contributed by atoms with van der Waals surface area (Å²) in [5.74, 6) is 0.208.